The van der Waals surface area contributed by atoms with Crippen LogP contribution in [-0.2, 0) is 0 Å². The molecule has 4 aromatic heterocycles. The van der Waals surface area contributed by atoms with E-state index in [4.69, 9.17) is 19.4 Å². The second-order valence-corrected chi connectivity index (χ2v) is 7.81. The monoisotopic (exact) mass is 394 g/mol. The Hall–Kier alpha value is -3.88. The van der Waals surface area contributed by atoms with E-state index in [9.17, 15) is 0 Å². The number of aromatic nitrogens is 6. The molecule has 0 unspecified atom stereocenters. The van der Waals surface area contributed by atoms with Gasteiger partial charge in [0.15, 0.2) is 0 Å². The van der Waals surface area contributed by atoms with E-state index in [2.05, 4.69) is 18.9 Å². The number of hydrogen-bond donors (Lipinski definition) is 0. The van der Waals surface area contributed by atoms with Gasteiger partial charge in [-0.1, -0.05) is 0 Å². The van der Waals surface area contributed by atoms with Gasteiger partial charge in [-0.15, -0.1) is 0 Å². The van der Waals surface area contributed by atoms with Crippen molar-refractivity contribution in [2.75, 3.05) is 0 Å². The van der Waals surface area contributed by atoms with Gasteiger partial charge in [-0.05, 0) is 50.6 Å². The first-order chi connectivity index (χ1) is 14.6. The predicted octanol–water partition coefficient (Wildman–Crippen LogP) is 3.10. The van der Waals surface area contributed by atoms with Crippen molar-refractivity contribution in [2.24, 2.45) is 0 Å². The first kappa shape index (κ1) is 16.0. The molecular weight excluding hydrogens is 379 g/mol. The molecule has 144 valence electrons. The lowest BCUT2D eigenvalue weighted by molar-refractivity contribution is 0.408. The molecule has 2 aliphatic heterocycles. The lowest BCUT2D eigenvalue weighted by Crippen LogP contribution is -2.50. The van der Waals surface area contributed by atoms with Crippen molar-refractivity contribution in [3.8, 4) is 23.5 Å². The third kappa shape index (κ3) is 1.82. The van der Waals surface area contributed by atoms with Gasteiger partial charge in [-0.25, -0.2) is 0 Å². The van der Waals surface area contributed by atoms with Gasteiger partial charge >= 0.3 is 6.98 Å². The van der Waals surface area contributed by atoms with Crippen LogP contribution in [0, 0.1) is 20.8 Å². The van der Waals surface area contributed by atoms with Crippen LogP contribution in [-0.4, -0.2) is 35.9 Å². The summed E-state index contributed by atoms with van der Waals surface area (Å²) in [7, 11) is 0. The Morgan fingerprint density at radius 3 is 1.77 bits per heavy atom. The maximum atomic E-state index is 6.27. The minimum Gasteiger partial charge on any atom is -0.427 e. The molecule has 0 atom stereocenters. The fraction of sp³-hybridized carbons (Fsp3) is 0.143. The Balaban J connectivity index is 1.66. The molecule has 1 aromatic carbocycles. The minimum absolute atomic E-state index is 0.235. The Bertz CT molecular complexity index is 1440. The molecule has 2 aliphatic rings. The molecule has 7 rings (SSSR count). The number of imidazole rings is 2. The molecule has 0 saturated carbocycles. The molecule has 6 heterocycles. The van der Waals surface area contributed by atoms with E-state index >= 15 is 0 Å². The molecule has 5 aromatic rings. The van der Waals surface area contributed by atoms with Crippen LogP contribution in [0.5, 0.6) is 23.5 Å². The van der Waals surface area contributed by atoms with E-state index in [1.54, 1.807) is 12.4 Å². The van der Waals surface area contributed by atoms with Crippen LogP contribution in [0.2, 0.25) is 0 Å². The van der Waals surface area contributed by atoms with E-state index in [0.717, 1.165) is 56.0 Å². The summed E-state index contributed by atoms with van der Waals surface area (Å²) in [5, 5.41) is 0. The molecule has 0 saturated heterocycles. The summed E-state index contributed by atoms with van der Waals surface area (Å²) < 4.78 is 16.8. The SMILES string of the molecule is Cc1cc2c3c(c1)Oc1nc4c(C)nccc4n1B3n1c(nc3c(C)nccc31)O2. The van der Waals surface area contributed by atoms with Crippen molar-refractivity contribution < 1.29 is 9.47 Å². The van der Waals surface area contributed by atoms with Crippen LogP contribution in [0.15, 0.2) is 36.7 Å². The summed E-state index contributed by atoms with van der Waals surface area (Å²) in [6, 6.07) is 9.08. The molecule has 8 nitrogen and oxygen atoms in total. The molecule has 0 radical (unpaired) electrons. The molecule has 0 aliphatic carbocycles. The summed E-state index contributed by atoms with van der Waals surface area (Å²) in [6.07, 6.45) is 3.61. The number of aryl methyl sites for hydroxylation is 3. The number of fused-ring (bicyclic) bond motifs is 8. The van der Waals surface area contributed by atoms with Crippen molar-refractivity contribution in [2.45, 2.75) is 20.8 Å². The number of ether oxygens (including phenoxy) is 2. The van der Waals surface area contributed by atoms with Crippen LogP contribution in [0.25, 0.3) is 22.1 Å². The Labute approximate surface area is 171 Å². The Morgan fingerprint density at radius 1 is 0.767 bits per heavy atom. The highest BCUT2D eigenvalue weighted by Crippen LogP contribution is 2.40. The lowest BCUT2D eigenvalue weighted by atomic mass is 9.64. The van der Waals surface area contributed by atoms with Crippen molar-refractivity contribution in [1.29, 1.82) is 0 Å². The quantitative estimate of drug-likeness (QED) is 0.368. The van der Waals surface area contributed by atoms with Gasteiger partial charge in [0.25, 0.3) is 12.0 Å². The second-order valence-electron chi connectivity index (χ2n) is 7.81. The van der Waals surface area contributed by atoms with Gasteiger partial charge in [0.2, 0.25) is 0 Å². The summed E-state index contributed by atoms with van der Waals surface area (Å²) in [5.41, 5.74) is 7.31. The fourth-order valence-electron chi connectivity index (χ4n) is 4.60. The maximum absolute atomic E-state index is 6.27. The van der Waals surface area contributed by atoms with Crippen LogP contribution in [0.3, 0.4) is 0 Å². The first-order valence-corrected chi connectivity index (χ1v) is 9.77. The minimum atomic E-state index is -0.235. The number of rotatable bonds is 0. The highest BCUT2D eigenvalue weighted by Gasteiger charge is 2.44. The van der Waals surface area contributed by atoms with Crippen molar-refractivity contribution in [3.05, 3.63) is 53.6 Å². The number of hydrogen-bond acceptors (Lipinski definition) is 6. The third-order valence-corrected chi connectivity index (χ3v) is 5.92. The van der Waals surface area contributed by atoms with E-state index in [1.165, 1.54) is 0 Å². The molecule has 0 bridgehead atoms. The largest absolute Gasteiger partial charge is 0.435 e. The van der Waals surface area contributed by atoms with E-state index in [-0.39, 0.29) is 6.98 Å². The standard InChI is InChI=1S/C21H15BN6O2/c1-10-8-15-17-16(9-10)30-21-26-19-12(3)24-7-5-14(19)28(21)22(17)27-13-4-6-23-11(2)18(13)25-20(27)29-15/h4-9H,1-3H3. The highest BCUT2D eigenvalue weighted by atomic mass is 16.5. The normalized spacial score (nSPS) is 13.6. The zero-order valence-electron chi connectivity index (χ0n) is 16.5. The summed E-state index contributed by atoms with van der Waals surface area (Å²) >= 11 is 0. The summed E-state index contributed by atoms with van der Waals surface area (Å²) in [6.45, 7) is 5.71. The fourth-order valence-corrected chi connectivity index (χ4v) is 4.60. The number of pyridine rings is 2. The van der Waals surface area contributed by atoms with E-state index in [1.807, 2.05) is 45.0 Å². The average molecular weight is 394 g/mol. The summed E-state index contributed by atoms with van der Waals surface area (Å²) in [4.78, 5) is 18.4. The number of benzene rings is 1. The van der Waals surface area contributed by atoms with Crippen LogP contribution in [0.4, 0.5) is 0 Å². The molecule has 9 heteroatoms. The zero-order chi connectivity index (χ0) is 20.1. The van der Waals surface area contributed by atoms with E-state index in [0.29, 0.717) is 12.0 Å². The van der Waals surface area contributed by atoms with Crippen molar-refractivity contribution in [3.63, 3.8) is 0 Å². The highest BCUT2D eigenvalue weighted by molar-refractivity contribution is 6.74. The smallest absolute Gasteiger partial charge is 0.427 e. The van der Waals surface area contributed by atoms with Crippen molar-refractivity contribution >= 4 is 34.5 Å². The Morgan fingerprint density at radius 2 is 1.27 bits per heavy atom. The van der Waals surface area contributed by atoms with Crippen LogP contribution >= 0.6 is 0 Å². The van der Waals surface area contributed by atoms with Crippen molar-refractivity contribution in [1.82, 2.24) is 28.9 Å². The summed E-state index contributed by atoms with van der Waals surface area (Å²) in [5.74, 6) is 1.50. The molecule has 30 heavy (non-hydrogen) atoms. The average Bonchev–Trinajstić information content (AvgIpc) is 3.27. The predicted molar refractivity (Wildman–Crippen MR) is 112 cm³/mol. The molecule has 0 fully saturated rings. The maximum Gasteiger partial charge on any atom is 0.435 e. The molecule has 0 N–H and O–H groups in total. The van der Waals surface area contributed by atoms with Gasteiger partial charge < -0.3 is 18.4 Å². The van der Waals surface area contributed by atoms with Gasteiger partial charge in [-0.2, -0.15) is 9.97 Å². The topological polar surface area (TPSA) is 79.9 Å². The van der Waals surface area contributed by atoms with Gasteiger partial charge in [0.05, 0.1) is 27.9 Å². The second kappa shape index (κ2) is 5.18. The number of nitrogens with zero attached hydrogens (tertiary/aromatic N) is 6. The van der Waals surface area contributed by atoms with Crippen LogP contribution in [0.1, 0.15) is 17.0 Å². The first-order valence-electron chi connectivity index (χ1n) is 9.77. The third-order valence-electron chi connectivity index (χ3n) is 5.92. The molecule has 0 amide bonds. The molecule has 0 spiro atoms. The lowest BCUT2D eigenvalue weighted by Gasteiger charge is -2.32. The van der Waals surface area contributed by atoms with Gasteiger partial charge in [-0.3, -0.25) is 9.97 Å². The van der Waals surface area contributed by atoms with Gasteiger partial charge in [0.1, 0.15) is 22.5 Å². The molecular formula is C21H15BN6O2. The Kier molecular flexibility index (Phi) is 2.76. The zero-order valence-corrected chi connectivity index (χ0v) is 16.5. The van der Waals surface area contributed by atoms with Gasteiger partial charge in [0, 0.05) is 12.4 Å². The van der Waals surface area contributed by atoms with E-state index < -0.39 is 0 Å². The van der Waals surface area contributed by atoms with Crippen LogP contribution < -0.4 is 14.9 Å².